The zero-order valence-electron chi connectivity index (χ0n) is 21.7. The van der Waals surface area contributed by atoms with Crippen LogP contribution in [0.25, 0.3) is 5.57 Å². The van der Waals surface area contributed by atoms with E-state index in [9.17, 15) is 9.59 Å². The summed E-state index contributed by atoms with van der Waals surface area (Å²) >= 11 is 0. The van der Waals surface area contributed by atoms with Crippen LogP contribution in [0.2, 0.25) is 0 Å². The lowest BCUT2D eigenvalue weighted by Crippen LogP contribution is -2.38. The third-order valence-corrected chi connectivity index (χ3v) is 6.28. The first-order chi connectivity index (χ1) is 17.2. The van der Waals surface area contributed by atoms with Crippen molar-refractivity contribution in [1.82, 2.24) is 15.0 Å². The van der Waals surface area contributed by atoms with Crippen molar-refractivity contribution in [3.8, 4) is 5.75 Å². The molecular weight excluding hydrogens is 462 g/mol. The molecule has 0 spiro atoms. The molecule has 36 heavy (non-hydrogen) atoms. The zero-order chi connectivity index (χ0) is 25.9. The number of hydrogen-bond donors (Lipinski definition) is 0. The van der Waals surface area contributed by atoms with Gasteiger partial charge in [-0.25, -0.2) is 4.79 Å². The number of hydrogen-bond acceptors (Lipinski definition) is 8. The first-order valence-electron chi connectivity index (χ1n) is 12.4. The van der Waals surface area contributed by atoms with Crippen LogP contribution in [-0.2, 0) is 19.7 Å². The summed E-state index contributed by atoms with van der Waals surface area (Å²) in [5.74, 6) is 0.418. The van der Waals surface area contributed by atoms with Gasteiger partial charge in [0.25, 0.3) is 5.91 Å². The van der Waals surface area contributed by atoms with Crippen molar-refractivity contribution >= 4 is 17.4 Å². The van der Waals surface area contributed by atoms with Crippen LogP contribution in [0.4, 0.5) is 0 Å². The number of aryl methyl sites for hydroxylation is 1. The fraction of sp³-hybridized carbons (Fsp3) is 0.519. The fourth-order valence-corrected chi connectivity index (χ4v) is 4.48. The Bertz CT molecular complexity index is 1130. The molecule has 0 radical (unpaired) electrons. The van der Waals surface area contributed by atoms with E-state index in [4.69, 9.17) is 18.7 Å². The number of benzene rings is 1. The largest absolute Gasteiger partial charge is 0.492 e. The standard InChI is InChI=1S/C27H35N3O6/c1-18(2)35-26(32)22-16-30(17-27(4,5)24-23(22)19(3)28-36-24)25(31)20-7-6-8-21(15-20)34-14-11-29-9-12-33-13-10-29/h6-8,15-16,18H,9-14,17H2,1-5H3. The van der Waals surface area contributed by atoms with E-state index >= 15 is 0 Å². The van der Waals surface area contributed by atoms with Gasteiger partial charge < -0.3 is 23.6 Å². The second-order valence-corrected chi connectivity index (χ2v) is 10.1. The van der Waals surface area contributed by atoms with Crippen LogP contribution in [0.15, 0.2) is 35.0 Å². The molecule has 9 heteroatoms. The summed E-state index contributed by atoms with van der Waals surface area (Å²) in [5.41, 5.74) is 1.30. The minimum atomic E-state index is -0.588. The summed E-state index contributed by atoms with van der Waals surface area (Å²) in [4.78, 5) is 30.6. The van der Waals surface area contributed by atoms with Crippen molar-refractivity contribution in [3.63, 3.8) is 0 Å². The monoisotopic (exact) mass is 497 g/mol. The Kier molecular flexibility index (Phi) is 7.80. The molecule has 1 fully saturated rings. The molecular formula is C27H35N3O6. The topological polar surface area (TPSA) is 94.3 Å². The van der Waals surface area contributed by atoms with Crippen LogP contribution >= 0.6 is 0 Å². The minimum absolute atomic E-state index is 0.243. The summed E-state index contributed by atoms with van der Waals surface area (Å²) in [6.07, 6.45) is 1.25. The van der Waals surface area contributed by atoms with E-state index in [0.717, 1.165) is 32.8 Å². The Morgan fingerprint density at radius 1 is 1.19 bits per heavy atom. The molecule has 4 rings (SSSR count). The fourth-order valence-electron chi connectivity index (χ4n) is 4.48. The number of carbonyl (C=O) groups excluding carboxylic acids is 2. The number of nitrogens with zero attached hydrogens (tertiary/aromatic N) is 3. The average molecular weight is 498 g/mol. The van der Waals surface area contributed by atoms with Gasteiger partial charge in [0.2, 0.25) is 0 Å². The molecule has 0 aliphatic carbocycles. The molecule has 2 aliphatic rings. The Morgan fingerprint density at radius 3 is 2.67 bits per heavy atom. The minimum Gasteiger partial charge on any atom is -0.492 e. The van der Waals surface area contributed by atoms with E-state index in [1.54, 1.807) is 50.1 Å². The summed E-state index contributed by atoms with van der Waals surface area (Å²) in [6.45, 7) is 14.2. The maximum absolute atomic E-state index is 13.7. The third-order valence-electron chi connectivity index (χ3n) is 6.28. The van der Waals surface area contributed by atoms with Gasteiger partial charge in [0.05, 0.1) is 36.1 Å². The van der Waals surface area contributed by atoms with Gasteiger partial charge in [0.1, 0.15) is 12.4 Å². The van der Waals surface area contributed by atoms with Gasteiger partial charge in [-0.1, -0.05) is 25.1 Å². The number of amides is 1. The lowest BCUT2D eigenvalue weighted by molar-refractivity contribution is -0.140. The number of aromatic nitrogens is 1. The smallest absolute Gasteiger partial charge is 0.340 e. The maximum Gasteiger partial charge on any atom is 0.340 e. The van der Waals surface area contributed by atoms with Gasteiger partial charge in [-0.2, -0.15) is 0 Å². The highest BCUT2D eigenvalue weighted by molar-refractivity contribution is 6.18. The number of ether oxygens (including phenoxy) is 3. The van der Waals surface area contributed by atoms with E-state index < -0.39 is 11.4 Å². The van der Waals surface area contributed by atoms with Gasteiger partial charge in [-0.05, 0) is 39.0 Å². The van der Waals surface area contributed by atoms with Crippen molar-refractivity contribution in [2.45, 2.75) is 46.1 Å². The normalized spacial score (nSPS) is 17.8. The van der Waals surface area contributed by atoms with E-state index in [-0.39, 0.29) is 17.6 Å². The van der Waals surface area contributed by atoms with Crippen molar-refractivity contribution in [2.24, 2.45) is 0 Å². The number of carbonyl (C=O) groups is 2. The zero-order valence-corrected chi connectivity index (χ0v) is 21.7. The summed E-state index contributed by atoms with van der Waals surface area (Å²) in [5, 5.41) is 4.10. The van der Waals surface area contributed by atoms with Crippen LogP contribution in [0.1, 0.15) is 55.1 Å². The SMILES string of the molecule is Cc1noc2c1C(C(=O)OC(C)C)=CN(C(=O)c1cccc(OCCN3CCOCC3)c1)CC2(C)C. The highest BCUT2D eigenvalue weighted by Gasteiger charge is 2.39. The second kappa shape index (κ2) is 10.8. The molecule has 1 amide bonds. The van der Waals surface area contributed by atoms with Crippen LogP contribution in [0.3, 0.4) is 0 Å². The van der Waals surface area contributed by atoms with E-state index in [0.29, 0.717) is 41.5 Å². The molecule has 3 heterocycles. The number of rotatable bonds is 7. The highest BCUT2D eigenvalue weighted by atomic mass is 16.5. The highest BCUT2D eigenvalue weighted by Crippen LogP contribution is 2.38. The van der Waals surface area contributed by atoms with Crippen molar-refractivity contribution in [1.29, 1.82) is 0 Å². The molecule has 0 unspecified atom stereocenters. The van der Waals surface area contributed by atoms with Crippen LogP contribution < -0.4 is 4.74 Å². The Morgan fingerprint density at radius 2 is 1.94 bits per heavy atom. The molecule has 0 bridgehead atoms. The molecule has 194 valence electrons. The lowest BCUT2D eigenvalue weighted by Gasteiger charge is -2.27. The molecule has 1 aromatic carbocycles. The van der Waals surface area contributed by atoms with Gasteiger partial charge in [-0.15, -0.1) is 0 Å². The number of esters is 1. The maximum atomic E-state index is 13.7. The summed E-state index contributed by atoms with van der Waals surface area (Å²) < 4.78 is 22.5. The first-order valence-corrected chi connectivity index (χ1v) is 12.4. The van der Waals surface area contributed by atoms with Gasteiger partial charge >= 0.3 is 5.97 Å². The van der Waals surface area contributed by atoms with Crippen molar-refractivity contribution < 1.29 is 28.3 Å². The molecule has 0 atom stereocenters. The van der Waals surface area contributed by atoms with Crippen molar-refractivity contribution in [2.75, 3.05) is 46.0 Å². The van der Waals surface area contributed by atoms with E-state index in [1.807, 2.05) is 19.9 Å². The second-order valence-electron chi connectivity index (χ2n) is 10.1. The molecule has 1 saturated heterocycles. The summed E-state index contributed by atoms with van der Waals surface area (Å²) in [6, 6.07) is 7.13. The molecule has 9 nitrogen and oxygen atoms in total. The van der Waals surface area contributed by atoms with Gasteiger partial charge in [-0.3, -0.25) is 9.69 Å². The van der Waals surface area contributed by atoms with Crippen LogP contribution in [0.5, 0.6) is 5.75 Å². The Labute approximate surface area is 212 Å². The van der Waals surface area contributed by atoms with E-state index in [1.165, 1.54) is 0 Å². The first kappa shape index (κ1) is 25.9. The average Bonchev–Trinajstić information content (AvgIpc) is 3.18. The number of morpholine rings is 1. The third kappa shape index (κ3) is 5.79. The molecule has 2 aromatic rings. The molecule has 0 N–H and O–H groups in total. The Hall–Kier alpha value is -3.17. The summed E-state index contributed by atoms with van der Waals surface area (Å²) in [7, 11) is 0. The Balaban J connectivity index is 1.57. The predicted molar refractivity (Wildman–Crippen MR) is 134 cm³/mol. The van der Waals surface area contributed by atoms with Crippen molar-refractivity contribution in [3.05, 3.63) is 53.0 Å². The van der Waals surface area contributed by atoms with Gasteiger partial charge in [0.15, 0.2) is 5.76 Å². The lowest BCUT2D eigenvalue weighted by atomic mass is 9.86. The van der Waals surface area contributed by atoms with Gasteiger partial charge in [0, 0.05) is 43.4 Å². The predicted octanol–water partition coefficient (Wildman–Crippen LogP) is 3.42. The quantitative estimate of drug-likeness (QED) is 0.537. The van der Waals surface area contributed by atoms with Crippen LogP contribution in [0, 0.1) is 6.92 Å². The molecule has 0 saturated carbocycles. The number of fused-ring (bicyclic) bond motifs is 1. The molecule has 2 aliphatic heterocycles. The molecule has 1 aromatic heterocycles. The van der Waals surface area contributed by atoms with E-state index in [2.05, 4.69) is 10.1 Å². The van der Waals surface area contributed by atoms with Crippen LogP contribution in [-0.4, -0.2) is 78.9 Å².